The molecule has 1 unspecified atom stereocenters. The number of rotatable bonds is 4. The molecule has 0 aliphatic carbocycles. The van der Waals surface area contributed by atoms with Crippen LogP contribution in [0.4, 0.5) is 13.2 Å². The lowest BCUT2D eigenvalue weighted by Crippen LogP contribution is -2.33. The van der Waals surface area contributed by atoms with Crippen LogP contribution in [0.15, 0.2) is 28.8 Å². The number of amides is 1. The first-order valence-corrected chi connectivity index (χ1v) is 6.09. The van der Waals surface area contributed by atoms with E-state index in [1.165, 1.54) is 31.2 Å². The van der Waals surface area contributed by atoms with Crippen molar-refractivity contribution in [2.24, 2.45) is 0 Å². The van der Waals surface area contributed by atoms with E-state index in [1.54, 1.807) is 0 Å². The summed E-state index contributed by atoms with van der Waals surface area (Å²) < 4.78 is 41.2. The van der Waals surface area contributed by atoms with Gasteiger partial charge in [-0.25, -0.2) is 0 Å². The lowest BCUT2D eigenvalue weighted by atomic mass is 10.1. The average molecular weight is 313 g/mol. The fraction of sp³-hybridized carbons (Fsp3) is 0.231. The Morgan fingerprint density at radius 3 is 2.45 bits per heavy atom. The van der Waals surface area contributed by atoms with Gasteiger partial charge < -0.3 is 14.6 Å². The summed E-state index contributed by atoms with van der Waals surface area (Å²) in [6.07, 6.45) is -4.14. The van der Waals surface area contributed by atoms with Crippen molar-refractivity contribution in [3.8, 4) is 11.4 Å². The van der Waals surface area contributed by atoms with Crippen LogP contribution < -0.4 is 5.32 Å². The predicted octanol–water partition coefficient (Wildman–Crippen LogP) is 2.07. The van der Waals surface area contributed by atoms with Crippen molar-refractivity contribution in [2.45, 2.75) is 19.1 Å². The maximum absolute atomic E-state index is 12.4. The summed E-state index contributed by atoms with van der Waals surface area (Å²) in [6, 6.07) is 4.88. The fourth-order valence-corrected chi connectivity index (χ4v) is 1.55. The molecule has 116 valence electrons. The Bertz CT molecular complexity index is 680. The lowest BCUT2D eigenvalue weighted by Gasteiger charge is -2.07. The van der Waals surface area contributed by atoms with Gasteiger partial charge in [-0.15, -0.1) is 0 Å². The molecule has 1 amide bonds. The molecule has 0 saturated carbocycles. The van der Waals surface area contributed by atoms with Crippen LogP contribution >= 0.6 is 0 Å². The summed E-state index contributed by atoms with van der Waals surface area (Å²) in [6.45, 7) is 1.51. The number of benzene rings is 1. The number of alkyl halides is 3. The third-order valence-electron chi connectivity index (χ3n) is 2.64. The molecule has 0 fully saturated rings. The Morgan fingerprint density at radius 1 is 1.32 bits per heavy atom. The second kappa shape index (κ2) is 5.96. The molecule has 1 aromatic heterocycles. The Hall–Kier alpha value is -2.71. The van der Waals surface area contributed by atoms with Gasteiger partial charge in [-0.3, -0.25) is 4.79 Å². The summed E-state index contributed by atoms with van der Waals surface area (Å²) in [4.78, 5) is 25.4. The molecule has 6 nitrogen and oxygen atoms in total. The van der Waals surface area contributed by atoms with E-state index in [2.05, 4.69) is 20.0 Å². The number of nitrogens with zero attached hydrogens (tertiary/aromatic N) is 2. The van der Waals surface area contributed by atoms with E-state index in [4.69, 9.17) is 0 Å². The van der Waals surface area contributed by atoms with E-state index in [9.17, 15) is 22.8 Å². The van der Waals surface area contributed by atoms with Crippen LogP contribution in [-0.4, -0.2) is 28.4 Å². The van der Waals surface area contributed by atoms with Crippen LogP contribution in [0.5, 0.6) is 0 Å². The number of hydrogen-bond acceptors (Lipinski definition) is 5. The standard InChI is InChI=1S/C13H10F3N3O3/c1-7(6-20)17-11(21)9-4-2-8(3-5-9)10-18-12(22-19-10)13(14,15)16/h2-7H,1H3,(H,17,21). The van der Waals surface area contributed by atoms with E-state index in [-0.39, 0.29) is 17.0 Å². The Labute approximate surface area is 122 Å². The summed E-state index contributed by atoms with van der Waals surface area (Å²) in [7, 11) is 0. The topological polar surface area (TPSA) is 85.1 Å². The van der Waals surface area contributed by atoms with Gasteiger partial charge in [0.2, 0.25) is 5.82 Å². The molecule has 1 heterocycles. The molecule has 0 saturated heterocycles. The summed E-state index contributed by atoms with van der Waals surface area (Å²) in [5.41, 5.74) is 0.510. The van der Waals surface area contributed by atoms with Crippen molar-refractivity contribution in [1.29, 1.82) is 0 Å². The highest BCUT2D eigenvalue weighted by Crippen LogP contribution is 2.29. The quantitative estimate of drug-likeness (QED) is 0.873. The molecule has 0 aliphatic rings. The number of hydrogen-bond donors (Lipinski definition) is 1. The summed E-state index contributed by atoms with van der Waals surface area (Å²) in [5.74, 6) is -2.15. The van der Waals surface area contributed by atoms with Crippen molar-refractivity contribution in [3.63, 3.8) is 0 Å². The Balaban J connectivity index is 2.17. The van der Waals surface area contributed by atoms with Crippen molar-refractivity contribution < 1.29 is 27.3 Å². The van der Waals surface area contributed by atoms with E-state index in [0.29, 0.717) is 6.29 Å². The van der Waals surface area contributed by atoms with Gasteiger partial charge in [-0.1, -0.05) is 17.3 Å². The fourth-order valence-electron chi connectivity index (χ4n) is 1.55. The maximum atomic E-state index is 12.4. The first-order valence-electron chi connectivity index (χ1n) is 6.09. The third kappa shape index (κ3) is 3.48. The minimum Gasteiger partial charge on any atom is -0.343 e. The van der Waals surface area contributed by atoms with Crippen LogP contribution in [0.2, 0.25) is 0 Å². The molecule has 22 heavy (non-hydrogen) atoms. The minimum atomic E-state index is -4.71. The average Bonchev–Trinajstić information content (AvgIpc) is 2.97. The van der Waals surface area contributed by atoms with E-state index in [1.807, 2.05) is 0 Å². The third-order valence-corrected chi connectivity index (χ3v) is 2.64. The highest BCUT2D eigenvalue weighted by atomic mass is 19.4. The van der Waals surface area contributed by atoms with Gasteiger partial charge in [-0.05, 0) is 19.1 Å². The zero-order chi connectivity index (χ0) is 16.3. The largest absolute Gasteiger partial charge is 0.471 e. The number of aldehydes is 1. The van der Waals surface area contributed by atoms with Gasteiger partial charge in [0.1, 0.15) is 6.29 Å². The first-order chi connectivity index (χ1) is 10.3. The van der Waals surface area contributed by atoms with Gasteiger partial charge in [0.05, 0.1) is 6.04 Å². The monoisotopic (exact) mass is 313 g/mol. The van der Waals surface area contributed by atoms with Crippen LogP contribution in [0, 0.1) is 0 Å². The van der Waals surface area contributed by atoms with Crippen LogP contribution in [0.25, 0.3) is 11.4 Å². The highest BCUT2D eigenvalue weighted by Gasteiger charge is 2.38. The number of halogens is 3. The van der Waals surface area contributed by atoms with E-state index < -0.39 is 24.0 Å². The van der Waals surface area contributed by atoms with Gasteiger partial charge in [0.25, 0.3) is 5.91 Å². The van der Waals surface area contributed by atoms with Gasteiger partial charge in [0.15, 0.2) is 0 Å². The van der Waals surface area contributed by atoms with Crippen molar-refractivity contribution in [2.75, 3.05) is 0 Å². The first kappa shape index (κ1) is 15.7. The zero-order valence-corrected chi connectivity index (χ0v) is 11.2. The molecule has 0 bridgehead atoms. The number of carbonyl (C=O) groups is 2. The molecular weight excluding hydrogens is 303 g/mol. The SMILES string of the molecule is CC(C=O)NC(=O)c1ccc(-c2noc(C(F)(F)F)n2)cc1. The van der Waals surface area contributed by atoms with Crippen molar-refractivity contribution in [3.05, 3.63) is 35.7 Å². The lowest BCUT2D eigenvalue weighted by molar-refractivity contribution is -0.159. The number of nitrogens with one attached hydrogen (secondary N) is 1. The van der Waals surface area contributed by atoms with Gasteiger partial charge in [-0.2, -0.15) is 18.2 Å². The summed E-state index contributed by atoms with van der Waals surface area (Å²) >= 11 is 0. The number of aromatic nitrogens is 2. The van der Waals surface area contributed by atoms with E-state index in [0.717, 1.165) is 0 Å². The zero-order valence-electron chi connectivity index (χ0n) is 11.2. The van der Waals surface area contributed by atoms with E-state index >= 15 is 0 Å². The van der Waals surface area contributed by atoms with Crippen molar-refractivity contribution in [1.82, 2.24) is 15.5 Å². The van der Waals surface area contributed by atoms with Crippen LogP contribution in [-0.2, 0) is 11.0 Å². The van der Waals surface area contributed by atoms with Crippen LogP contribution in [0.1, 0.15) is 23.2 Å². The smallest absolute Gasteiger partial charge is 0.343 e. The maximum Gasteiger partial charge on any atom is 0.471 e. The van der Waals surface area contributed by atoms with Crippen molar-refractivity contribution >= 4 is 12.2 Å². The molecule has 1 aromatic carbocycles. The molecule has 0 radical (unpaired) electrons. The Morgan fingerprint density at radius 2 is 1.95 bits per heavy atom. The molecule has 0 aliphatic heterocycles. The summed E-state index contributed by atoms with van der Waals surface area (Å²) in [5, 5.41) is 5.66. The molecular formula is C13H10F3N3O3. The van der Waals surface area contributed by atoms with Crippen LogP contribution in [0.3, 0.4) is 0 Å². The normalized spacial score (nSPS) is 12.7. The number of carbonyl (C=O) groups excluding carboxylic acids is 2. The molecule has 2 aromatic rings. The highest BCUT2D eigenvalue weighted by molar-refractivity contribution is 5.95. The van der Waals surface area contributed by atoms with Gasteiger partial charge in [0, 0.05) is 11.1 Å². The second-order valence-corrected chi connectivity index (χ2v) is 4.40. The molecule has 0 spiro atoms. The van der Waals surface area contributed by atoms with Gasteiger partial charge >= 0.3 is 12.1 Å². The molecule has 1 atom stereocenters. The Kier molecular flexibility index (Phi) is 4.25. The predicted molar refractivity (Wildman–Crippen MR) is 67.7 cm³/mol. The molecule has 9 heteroatoms. The molecule has 1 N–H and O–H groups in total. The molecule has 2 rings (SSSR count). The second-order valence-electron chi connectivity index (χ2n) is 4.40. The minimum absolute atomic E-state index is 0.236.